The van der Waals surface area contributed by atoms with Crippen molar-refractivity contribution in [2.24, 2.45) is 0 Å². The van der Waals surface area contributed by atoms with E-state index in [0.29, 0.717) is 6.42 Å². The normalized spacial score (nSPS) is 27.3. The number of aliphatic hydroxyl groups excluding tert-OH is 6. The maximum atomic E-state index is 12.1. The van der Waals surface area contributed by atoms with Gasteiger partial charge in [0.2, 0.25) is 0 Å². The number of phosphoric acid groups is 1. The van der Waals surface area contributed by atoms with Gasteiger partial charge in [0, 0.05) is 6.42 Å². The van der Waals surface area contributed by atoms with E-state index in [1.165, 1.54) is 0 Å². The topological polar surface area (TPSA) is 203 Å². The highest BCUT2D eigenvalue weighted by Gasteiger charge is 2.51. The Labute approximate surface area is 248 Å². The number of rotatable bonds is 21. The van der Waals surface area contributed by atoms with Crippen LogP contribution >= 0.6 is 7.82 Å². The van der Waals surface area contributed by atoms with Crippen molar-refractivity contribution in [3.63, 3.8) is 0 Å². The molecule has 0 aromatic heterocycles. The SMILES string of the molecule is CC/C=C\C/C=C\C/C=C\C/C=C\CCCCCCC(=O)OCC(O)COP(=O)(O)OC1C(O)C(O)C(O)C(O)C1O. The average Bonchev–Trinajstić information content (AvgIpc) is 2.96. The van der Waals surface area contributed by atoms with Crippen LogP contribution in [0, 0.1) is 0 Å². The minimum absolute atomic E-state index is 0.160. The zero-order valence-electron chi connectivity index (χ0n) is 24.3. The number of unbranched alkanes of at least 4 members (excludes halogenated alkanes) is 4. The first-order valence-electron chi connectivity index (χ1n) is 14.5. The lowest BCUT2D eigenvalue weighted by Gasteiger charge is -2.41. The first-order valence-corrected chi connectivity index (χ1v) is 16.0. The van der Waals surface area contributed by atoms with Crippen LogP contribution in [0.5, 0.6) is 0 Å². The van der Waals surface area contributed by atoms with Gasteiger partial charge in [0.1, 0.15) is 49.3 Å². The number of phosphoric ester groups is 1. The van der Waals surface area contributed by atoms with E-state index in [0.717, 1.165) is 51.4 Å². The van der Waals surface area contributed by atoms with E-state index < -0.39 is 69.7 Å². The number of ether oxygens (including phenoxy) is 1. The van der Waals surface area contributed by atoms with E-state index >= 15 is 0 Å². The Kier molecular flexibility index (Phi) is 20.0. The van der Waals surface area contributed by atoms with Gasteiger partial charge in [-0.25, -0.2) is 4.57 Å². The van der Waals surface area contributed by atoms with Gasteiger partial charge in [-0.15, -0.1) is 0 Å². The van der Waals surface area contributed by atoms with Crippen molar-refractivity contribution >= 4 is 13.8 Å². The molecule has 0 heterocycles. The lowest BCUT2D eigenvalue weighted by atomic mass is 9.85. The molecular formula is C29H49O12P. The molecule has 0 amide bonds. The van der Waals surface area contributed by atoms with E-state index in [2.05, 4.69) is 64.6 Å². The molecule has 0 bridgehead atoms. The van der Waals surface area contributed by atoms with Gasteiger partial charge in [-0.05, 0) is 44.9 Å². The number of carbonyl (C=O) groups excluding carboxylic acids is 1. The summed E-state index contributed by atoms with van der Waals surface area (Å²) in [4.78, 5) is 21.7. The minimum atomic E-state index is -4.99. The number of esters is 1. The molecule has 0 radical (unpaired) electrons. The summed E-state index contributed by atoms with van der Waals surface area (Å²) in [5, 5.41) is 58.6. The molecule has 1 rings (SSSR count). The maximum Gasteiger partial charge on any atom is 0.472 e. The monoisotopic (exact) mass is 620 g/mol. The van der Waals surface area contributed by atoms with Crippen LogP contribution in [0.2, 0.25) is 0 Å². The zero-order chi connectivity index (χ0) is 31.4. The first kappa shape index (κ1) is 38.3. The van der Waals surface area contributed by atoms with Gasteiger partial charge >= 0.3 is 13.8 Å². The Balaban J connectivity index is 2.11. The summed E-state index contributed by atoms with van der Waals surface area (Å²) in [6.07, 6.45) is 12.4. The summed E-state index contributed by atoms with van der Waals surface area (Å²) >= 11 is 0. The molecule has 6 unspecified atom stereocenters. The number of hydrogen-bond donors (Lipinski definition) is 7. The summed E-state index contributed by atoms with van der Waals surface area (Å²) in [6, 6.07) is 0. The molecule has 242 valence electrons. The van der Waals surface area contributed by atoms with Gasteiger partial charge < -0.3 is 40.3 Å². The second-order valence-electron chi connectivity index (χ2n) is 10.1. The molecular weight excluding hydrogens is 571 g/mol. The quantitative estimate of drug-likeness (QED) is 0.0428. The molecule has 13 heteroatoms. The van der Waals surface area contributed by atoms with Crippen molar-refractivity contribution in [3.05, 3.63) is 48.6 Å². The molecule has 42 heavy (non-hydrogen) atoms. The van der Waals surface area contributed by atoms with Gasteiger partial charge in [0.05, 0.1) is 6.61 Å². The van der Waals surface area contributed by atoms with Crippen molar-refractivity contribution in [1.82, 2.24) is 0 Å². The lowest BCUT2D eigenvalue weighted by molar-refractivity contribution is -0.220. The summed E-state index contributed by atoms with van der Waals surface area (Å²) in [5.41, 5.74) is 0. The molecule has 0 aromatic rings. The molecule has 0 spiro atoms. The summed E-state index contributed by atoms with van der Waals surface area (Å²) in [7, 11) is -4.99. The summed E-state index contributed by atoms with van der Waals surface area (Å²) in [5.74, 6) is -0.536. The summed E-state index contributed by atoms with van der Waals surface area (Å²) < 4.78 is 26.3. The fourth-order valence-electron chi connectivity index (χ4n) is 3.98. The highest BCUT2D eigenvalue weighted by Crippen LogP contribution is 2.47. The van der Waals surface area contributed by atoms with Crippen molar-refractivity contribution in [2.75, 3.05) is 13.2 Å². The van der Waals surface area contributed by atoms with Crippen LogP contribution in [0.25, 0.3) is 0 Å². The number of hydrogen-bond acceptors (Lipinski definition) is 11. The Hall–Kier alpha value is -1.70. The Bertz CT molecular complexity index is 889. The fourth-order valence-corrected chi connectivity index (χ4v) is 4.96. The second kappa shape index (κ2) is 21.9. The largest absolute Gasteiger partial charge is 0.472 e. The molecule has 1 aliphatic carbocycles. The lowest BCUT2D eigenvalue weighted by Crippen LogP contribution is -2.64. The van der Waals surface area contributed by atoms with Crippen LogP contribution in [0.1, 0.15) is 71.1 Å². The van der Waals surface area contributed by atoms with E-state index in [1.807, 2.05) is 0 Å². The smallest absolute Gasteiger partial charge is 0.463 e. The molecule has 0 saturated heterocycles. The Morgan fingerprint density at radius 3 is 1.81 bits per heavy atom. The third-order valence-electron chi connectivity index (χ3n) is 6.42. The molecule has 7 N–H and O–H groups in total. The molecule has 6 atom stereocenters. The molecule has 0 aromatic carbocycles. The van der Waals surface area contributed by atoms with E-state index in [9.17, 15) is 44.9 Å². The van der Waals surface area contributed by atoms with Gasteiger partial charge in [0.25, 0.3) is 0 Å². The van der Waals surface area contributed by atoms with Crippen LogP contribution in [0.3, 0.4) is 0 Å². The third kappa shape index (κ3) is 16.2. The molecule has 12 nitrogen and oxygen atoms in total. The third-order valence-corrected chi connectivity index (χ3v) is 7.40. The second-order valence-corrected chi connectivity index (χ2v) is 11.5. The molecule has 0 aliphatic heterocycles. The number of allylic oxidation sites excluding steroid dienone is 8. The first-order chi connectivity index (χ1) is 20.0. The highest BCUT2D eigenvalue weighted by atomic mass is 31.2. The minimum Gasteiger partial charge on any atom is -0.463 e. The summed E-state index contributed by atoms with van der Waals surface area (Å²) in [6.45, 7) is 0.835. The van der Waals surface area contributed by atoms with Gasteiger partial charge in [-0.3, -0.25) is 13.8 Å². The molecule has 1 fully saturated rings. The zero-order valence-corrected chi connectivity index (χ0v) is 25.2. The molecule has 1 aliphatic rings. The number of aliphatic hydroxyl groups is 6. The van der Waals surface area contributed by atoms with Gasteiger partial charge in [0.15, 0.2) is 0 Å². The van der Waals surface area contributed by atoms with Crippen molar-refractivity contribution < 1.29 is 58.7 Å². The Morgan fingerprint density at radius 2 is 1.24 bits per heavy atom. The van der Waals surface area contributed by atoms with Crippen molar-refractivity contribution in [2.45, 2.75) is 114 Å². The standard InChI is InChI=1S/C29H49O12P/c1-2-3-4-5-6-7-8-9-10-11-12-13-14-15-16-17-18-19-23(31)39-20-22(30)21-40-42(37,38)41-29-27(35)25(33)24(32)26(34)28(29)36/h3-4,6-7,9-10,12-13,22,24-30,32-36H,2,5,8,11,14-21H2,1H3,(H,37,38)/b4-3-,7-6-,10-9-,13-12-. The van der Waals surface area contributed by atoms with E-state index in [1.54, 1.807) is 0 Å². The van der Waals surface area contributed by atoms with Crippen LogP contribution in [0.4, 0.5) is 0 Å². The number of carbonyl (C=O) groups is 1. The fraction of sp³-hybridized carbons (Fsp3) is 0.690. The van der Waals surface area contributed by atoms with Crippen LogP contribution < -0.4 is 0 Å². The van der Waals surface area contributed by atoms with Crippen LogP contribution in [-0.4, -0.2) is 97.4 Å². The highest BCUT2D eigenvalue weighted by molar-refractivity contribution is 7.47. The van der Waals surface area contributed by atoms with E-state index in [-0.39, 0.29) is 6.42 Å². The van der Waals surface area contributed by atoms with Crippen LogP contribution in [-0.2, 0) is 23.1 Å². The predicted molar refractivity (Wildman–Crippen MR) is 156 cm³/mol. The Morgan fingerprint density at radius 1 is 0.738 bits per heavy atom. The van der Waals surface area contributed by atoms with Crippen molar-refractivity contribution in [1.29, 1.82) is 0 Å². The maximum absolute atomic E-state index is 12.1. The predicted octanol–water partition coefficient (Wildman–Crippen LogP) is 2.36. The van der Waals surface area contributed by atoms with Gasteiger partial charge in [-0.1, -0.05) is 68.4 Å². The molecule has 1 saturated carbocycles. The van der Waals surface area contributed by atoms with Gasteiger partial charge in [-0.2, -0.15) is 0 Å². The van der Waals surface area contributed by atoms with Crippen molar-refractivity contribution in [3.8, 4) is 0 Å². The van der Waals surface area contributed by atoms with E-state index in [4.69, 9.17) is 4.74 Å². The average molecular weight is 621 g/mol. The van der Waals surface area contributed by atoms with Crippen LogP contribution in [0.15, 0.2) is 48.6 Å².